The van der Waals surface area contributed by atoms with Gasteiger partial charge in [0.2, 0.25) is 5.91 Å². The molecule has 2 rings (SSSR count). The lowest BCUT2D eigenvalue weighted by atomic mass is 10.1. The van der Waals surface area contributed by atoms with Gasteiger partial charge in [-0.3, -0.25) is 15.1 Å². The van der Waals surface area contributed by atoms with Gasteiger partial charge in [-0.05, 0) is 23.4 Å². The molecule has 14 heavy (non-hydrogen) atoms. The number of hydrogen-bond donors (Lipinski definition) is 2. The largest absolute Gasteiger partial charge is 0.293 e. The quantitative estimate of drug-likeness (QED) is 0.414. The van der Waals surface area contributed by atoms with E-state index in [1.807, 2.05) is 0 Å². The van der Waals surface area contributed by atoms with Crippen molar-refractivity contribution in [2.24, 2.45) is 5.84 Å². The number of nitrogens with one attached hydrogen (secondary N) is 1. The van der Waals surface area contributed by atoms with Gasteiger partial charge in [0.05, 0.1) is 6.54 Å². The molecule has 0 unspecified atom stereocenters. The van der Waals surface area contributed by atoms with Gasteiger partial charge >= 0.3 is 0 Å². The summed E-state index contributed by atoms with van der Waals surface area (Å²) in [6.07, 6.45) is 1.05. The van der Waals surface area contributed by atoms with Crippen LogP contribution in [0.4, 0.5) is 0 Å². The van der Waals surface area contributed by atoms with Gasteiger partial charge in [-0.2, -0.15) is 0 Å². The van der Waals surface area contributed by atoms with E-state index in [2.05, 4.69) is 21.8 Å². The molecule has 0 saturated carbocycles. The van der Waals surface area contributed by atoms with E-state index in [0.717, 1.165) is 19.5 Å². The third kappa shape index (κ3) is 1.95. The van der Waals surface area contributed by atoms with Gasteiger partial charge in [0, 0.05) is 18.0 Å². The molecule has 4 nitrogen and oxygen atoms in total. The van der Waals surface area contributed by atoms with E-state index in [1.54, 1.807) is 11.3 Å². The average molecular weight is 211 g/mol. The molecule has 1 aromatic rings. The van der Waals surface area contributed by atoms with Gasteiger partial charge in [0.25, 0.3) is 0 Å². The van der Waals surface area contributed by atoms with E-state index >= 15 is 0 Å². The normalized spacial score (nSPS) is 16.4. The van der Waals surface area contributed by atoms with E-state index in [9.17, 15) is 4.79 Å². The highest BCUT2D eigenvalue weighted by molar-refractivity contribution is 7.10. The zero-order valence-corrected chi connectivity index (χ0v) is 8.64. The van der Waals surface area contributed by atoms with Crippen molar-refractivity contribution >= 4 is 17.2 Å². The molecule has 1 aliphatic heterocycles. The fourth-order valence-corrected chi connectivity index (χ4v) is 2.58. The SMILES string of the molecule is NNC(=O)CN1CCc2sccc2C1. The molecule has 0 fully saturated rings. The van der Waals surface area contributed by atoms with Crippen molar-refractivity contribution in [3.63, 3.8) is 0 Å². The van der Waals surface area contributed by atoms with Crippen LogP contribution >= 0.6 is 11.3 Å². The first-order chi connectivity index (χ1) is 6.79. The first-order valence-corrected chi connectivity index (χ1v) is 5.44. The fourth-order valence-electron chi connectivity index (χ4n) is 1.69. The van der Waals surface area contributed by atoms with Crippen LogP contribution in [0.2, 0.25) is 0 Å². The first kappa shape index (κ1) is 9.64. The Labute approximate surface area is 86.7 Å². The van der Waals surface area contributed by atoms with Crippen molar-refractivity contribution in [2.45, 2.75) is 13.0 Å². The summed E-state index contributed by atoms with van der Waals surface area (Å²) in [5.41, 5.74) is 3.50. The number of thiophene rings is 1. The van der Waals surface area contributed by atoms with Crippen molar-refractivity contribution in [3.05, 3.63) is 21.9 Å². The molecule has 0 aromatic carbocycles. The monoisotopic (exact) mass is 211 g/mol. The van der Waals surface area contributed by atoms with Crippen molar-refractivity contribution in [3.8, 4) is 0 Å². The molecular weight excluding hydrogens is 198 g/mol. The van der Waals surface area contributed by atoms with Gasteiger partial charge in [-0.25, -0.2) is 5.84 Å². The topological polar surface area (TPSA) is 58.4 Å². The maximum absolute atomic E-state index is 11.1. The van der Waals surface area contributed by atoms with Crippen LogP contribution in [0.1, 0.15) is 10.4 Å². The maximum Gasteiger partial charge on any atom is 0.248 e. The summed E-state index contributed by atoms with van der Waals surface area (Å²) < 4.78 is 0. The molecular formula is C9H13N3OS. The van der Waals surface area contributed by atoms with Gasteiger partial charge in [0.15, 0.2) is 0 Å². The number of nitrogens with zero attached hydrogens (tertiary/aromatic N) is 1. The highest BCUT2D eigenvalue weighted by Gasteiger charge is 2.18. The lowest BCUT2D eigenvalue weighted by molar-refractivity contribution is -0.122. The Kier molecular flexibility index (Phi) is 2.81. The van der Waals surface area contributed by atoms with E-state index in [-0.39, 0.29) is 5.91 Å². The van der Waals surface area contributed by atoms with Crippen molar-refractivity contribution < 1.29 is 4.79 Å². The summed E-state index contributed by atoms with van der Waals surface area (Å²) in [6, 6.07) is 2.13. The summed E-state index contributed by atoms with van der Waals surface area (Å²) in [4.78, 5) is 14.6. The Morgan fingerprint density at radius 1 is 1.71 bits per heavy atom. The Bertz CT molecular complexity index is 337. The molecule has 1 aromatic heterocycles. The number of nitrogens with two attached hydrogens (primary N) is 1. The van der Waals surface area contributed by atoms with Crippen LogP contribution in [0.25, 0.3) is 0 Å². The lowest BCUT2D eigenvalue weighted by Crippen LogP contribution is -2.42. The third-order valence-electron chi connectivity index (χ3n) is 2.41. The molecule has 0 atom stereocenters. The van der Waals surface area contributed by atoms with E-state index in [0.29, 0.717) is 6.54 Å². The minimum Gasteiger partial charge on any atom is -0.293 e. The Morgan fingerprint density at radius 2 is 2.57 bits per heavy atom. The highest BCUT2D eigenvalue weighted by atomic mass is 32.1. The molecule has 0 aliphatic carbocycles. The summed E-state index contributed by atoms with van der Waals surface area (Å²) in [6.45, 7) is 2.21. The number of amides is 1. The molecule has 5 heteroatoms. The van der Waals surface area contributed by atoms with Gasteiger partial charge < -0.3 is 0 Å². The molecule has 0 saturated heterocycles. The maximum atomic E-state index is 11.1. The Balaban J connectivity index is 1.97. The third-order valence-corrected chi connectivity index (χ3v) is 3.44. The number of carbonyl (C=O) groups is 1. The van der Waals surface area contributed by atoms with Crippen LogP contribution in [0, 0.1) is 0 Å². The molecule has 0 bridgehead atoms. The van der Waals surface area contributed by atoms with Crippen LogP contribution in [0.15, 0.2) is 11.4 Å². The molecule has 3 N–H and O–H groups in total. The fraction of sp³-hybridized carbons (Fsp3) is 0.444. The summed E-state index contributed by atoms with van der Waals surface area (Å²) in [7, 11) is 0. The second kappa shape index (κ2) is 4.08. The zero-order chi connectivity index (χ0) is 9.97. The number of carbonyl (C=O) groups excluding carboxylic acids is 1. The van der Waals surface area contributed by atoms with Crippen molar-refractivity contribution in [1.82, 2.24) is 10.3 Å². The summed E-state index contributed by atoms with van der Waals surface area (Å²) >= 11 is 1.80. The lowest BCUT2D eigenvalue weighted by Gasteiger charge is -2.25. The number of rotatable bonds is 2. The smallest absolute Gasteiger partial charge is 0.248 e. The Morgan fingerprint density at radius 3 is 3.36 bits per heavy atom. The summed E-state index contributed by atoms with van der Waals surface area (Å²) in [5.74, 6) is 4.92. The predicted octanol–water partition coefficient (Wildman–Crippen LogP) is 0.0961. The molecule has 2 heterocycles. The summed E-state index contributed by atoms with van der Waals surface area (Å²) in [5, 5.41) is 2.11. The van der Waals surface area contributed by atoms with Crippen LogP contribution in [0.5, 0.6) is 0 Å². The second-order valence-corrected chi connectivity index (χ2v) is 4.40. The van der Waals surface area contributed by atoms with E-state index < -0.39 is 0 Å². The number of fused-ring (bicyclic) bond motifs is 1. The second-order valence-electron chi connectivity index (χ2n) is 3.40. The van der Waals surface area contributed by atoms with Gasteiger partial charge in [-0.1, -0.05) is 0 Å². The van der Waals surface area contributed by atoms with Crippen LogP contribution in [-0.2, 0) is 17.8 Å². The predicted molar refractivity (Wildman–Crippen MR) is 55.6 cm³/mol. The first-order valence-electron chi connectivity index (χ1n) is 4.56. The van der Waals surface area contributed by atoms with Crippen LogP contribution in [-0.4, -0.2) is 23.9 Å². The highest BCUT2D eigenvalue weighted by Crippen LogP contribution is 2.23. The minimum atomic E-state index is -0.122. The molecule has 0 spiro atoms. The average Bonchev–Trinajstić information content (AvgIpc) is 2.64. The molecule has 1 amide bonds. The molecule has 0 radical (unpaired) electrons. The molecule has 76 valence electrons. The Hall–Kier alpha value is -0.910. The standard InChI is InChI=1S/C9H13N3OS/c10-11-9(13)6-12-3-1-8-7(5-12)2-4-14-8/h2,4H,1,3,5-6,10H2,(H,11,13). The number of hydrazine groups is 1. The van der Waals surface area contributed by atoms with Gasteiger partial charge in [0.1, 0.15) is 0 Å². The van der Waals surface area contributed by atoms with Crippen LogP contribution < -0.4 is 11.3 Å². The van der Waals surface area contributed by atoms with Crippen LogP contribution in [0.3, 0.4) is 0 Å². The van der Waals surface area contributed by atoms with E-state index in [1.165, 1.54) is 10.4 Å². The molecule has 1 aliphatic rings. The zero-order valence-electron chi connectivity index (χ0n) is 7.82. The minimum absolute atomic E-state index is 0.122. The van der Waals surface area contributed by atoms with Gasteiger partial charge in [-0.15, -0.1) is 11.3 Å². The van der Waals surface area contributed by atoms with Crippen molar-refractivity contribution in [2.75, 3.05) is 13.1 Å². The van der Waals surface area contributed by atoms with Crippen molar-refractivity contribution in [1.29, 1.82) is 0 Å². The van der Waals surface area contributed by atoms with E-state index in [4.69, 9.17) is 5.84 Å². The number of hydrogen-bond acceptors (Lipinski definition) is 4.